The largest absolute Gasteiger partial charge is 0.481 e. The molecule has 0 spiro atoms. The average Bonchev–Trinajstić information content (AvgIpc) is 2.75. The van der Waals surface area contributed by atoms with Gasteiger partial charge in [0.2, 0.25) is 11.8 Å². The molecule has 0 aliphatic heterocycles. The van der Waals surface area contributed by atoms with Crippen LogP contribution in [0.5, 0.6) is 11.8 Å². The van der Waals surface area contributed by atoms with Gasteiger partial charge in [0, 0.05) is 31.6 Å². The monoisotopic (exact) mass is 400 g/mol. The van der Waals surface area contributed by atoms with Crippen molar-refractivity contribution in [3.63, 3.8) is 0 Å². The molecule has 2 rings (SSSR count). The first-order chi connectivity index (χ1) is 14.0. The van der Waals surface area contributed by atoms with Crippen LogP contribution in [0, 0.1) is 0 Å². The van der Waals surface area contributed by atoms with Gasteiger partial charge in [-0.25, -0.2) is 0 Å². The van der Waals surface area contributed by atoms with Crippen LogP contribution in [0.25, 0.3) is 0 Å². The third-order valence-corrected chi connectivity index (χ3v) is 4.54. The zero-order valence-corrected chi connectivity index (χ0v) is 17.0. The Morgan fingerprint density at radius 2 is 1.59 bits per heavy atom. The van der Waals surface area contributed by atoms with Crippen LogP contribution in [0.2, 0.25) is 0 Å². The first-order valence-electron chi connectivity index (χ1n) is 9.68. The summed E-state index contributed by atoms with van der Waals surface area (Å²) < 4.78 is 10.3. The Balaban J connectivity index is 2.07. The second-order valence-electron chi connectivity index (χ2n) is 6.67. The minimum Gasteiger partial charge on any atom is -0.481 e. The summed E-state index contributed by atoms with van der Waals surface area (Å²) >= 11 is 0. The Hall–Kier alpha value is -3.09. The molecule has 1 amide bonds. The molecule has 0 aliphatic carbocycles. The van der Waals surface area contributed by atoms with E-state index >= 15 is 0 Å². The van der Waals surface area contributed by atoms with E-state index in [4.69, 9.17) is 14.6 Å². The summed E-state index contributed by atoms with van der Waals surface area (Å²) in [5.74, 6) is -0.353. The summed E-state index contributed by atoms with van der Waals surface area (Å²) in [6.45, 7) is 1.07. The first kappa shape index (κ1) is 22.2. The molecule has 7 heteroatoms. The number of aryl methyl sites for hydroxylation is 1. The highest BCUT2D eigenvalue weighted by atomic mass is 16.5. The molecule has 29 heavy (non-hydrogen) atoms. The fraction of sp³-hybridized carbons (Fsp3) is 0.409. The van der Waals surface area contributed by atoms with Crippen molar-refractivity contribution >= 4 is 11.9 Å². The molecule has 1 aromatic heterocycles. The van der Waals surface area contributed by atoms with Crippen LogP contribution in [0.4, 0.5) is 0 Å². The summed E-state index contributed by atoms with van der Waals surface area (Å²) in [6, 6.07) is 13.3. The Morgan fingerprint density at radius 1 is 0.966 bits per heavy atom. The number of aromatic nitrogens is 1. The molecule has 0 bridgehead atoms. The lowest BCUT2D eigenvalue weighted by Crippen LogP contribution is -2.33. The van der Waals surface area contributed by atoms with E-state index in [0.717, 1.165) is 12.8 Å². The number of methoxy groups -OCH3 is 2. The van der Waals surface area contributed by atoms with E-state index in [1.807, 2.05) is 18.2 Å². The Kier molecular flexibility index (Phi) is 8.95. The topological polar surface area (TPSA) is 89.0 Å². The molecule has 156 valence electrons. The highest BCUT2D eigenvalue weighted by Crippen LogP contribution is 2.19. The molecule has 0 aliphatic rings. The molecule has 0 unspecified atom stereocenters. The zero-order valence-electron chi connectivity index (χ0n) is 17.0. The second-order valence-corrected chi connectivity index (χ2v) is 6.67. The van der Waals surface area contributed by atoms with Gasteiger partial charge in [0.05, 0.1) is 19.8 Å². The third-order valence-electron chi connectivity index (χ3n) is 4.54. The molecule has 0 radical (unpaired) electrons. The first-order valence-corrected chi connectivity index (χ1v) is 9.68. The molecule has 0 atom stereocenters. The minimum absolute atomic E-state index is 0.100. The number of ether oxygens (including phenoxy) is 2. The number of carboxylic acids is 1. The molecule has 1 aromatic carbocycles. The Labute approximate surface area is 171 Å². The highest BCUT2D eigenvalue weighted by Gasteiger charge is 2.18. The predicted octanol–water partition coefficient (Wildman–Crippen LogP) is 3.43. The summed E-state index contributed by atoms with van der Waals surface area (Å²) in [6.07, 6.45) is 2.93. The number of unbranched alkanes of at least 4 members (excludes halogenated alkanes) is 1. The fourth-order valence-corrected chi connectivity index (χ4v) is 3.01. The summed E-state index contributed by atoms with van der Waals surface area (Å²) in [5.41, 5.74) is 1.66. The predicted molar refractivity (Wildman–Crippen MR) is 109 cm³/mol. The van der Waals surface area contributed by atoms with E-state index in [1.165, 1.54) is 19.8 Å². The van der Waals surface area contributed by atoms with Crippen LogP contribution in [-0.2, 0) is 11.2 Å². The van der Waals surface area contributed by atoms with Gasteiger partial charge >= 0.3 is 5.97 Å². The van der Waals surface area contributed by atoms with Crippen molar-refractivity contribution in [2.24, 2.45) is 0 Å². The molecule has 7 nitrogen and oxygen atoms in total. The summed E-state index contributed by atoms with van der Waals surface area (Å²) in [7, 11) is 2.97. The lowest BCUT2D eigenvalue weighted by molar-refractivity contribution is -0.137. The number of rotatable bonds is 12. The van der Waals surface area contributed by atoms with Crippen LogP contribution < -0.4 is 9.47 Å². The SMILES string of the molecule is COc1cc(C(=O)N(CCCCC(=O)O)CCCc2ccccc2)cc(OC)n1. The Morgan fingerprint density at radius 3 is 2.17 bits per heavy atom. The van der Waals surface area contributed by atoms with Gasteiger partial charge in [0.1, 0.15) is 0 Å². The van der Waals surface area contributed by atoms with Crippen molar-refractivity contribution < 1.29 is 24.2 Å². The van der Waals surface area contributed by atoms with Crippen molar-refractivity contribution in [1.82, 2.24) is 9.88 Å². The van der Waals surface area contributed by atoms with Gasteiger partial charge in [-0.1, -0.05) is 30.3 Å². The van der Waals surface area contributed by atoms with Gasteiger partial charge in [0.15, 0.2) is 0 Å². The third kappa shape index (κ3) is 7.44. The highest BCUT2D eigenvalue weighted by molar-refractivity contribution is 5.94. The Bertz CT molecular complexity index is 773. The maximum atomic E-state index is 13.1. The number of carbonyl (C=O) groups is 2. The van der Waals surface area contributed by atoms with Gasteiger partial charge in [-0.3, -0.25) is 9.59 Å². The van der Waals surface area contributed by atoms with Crippen LogP contribution >= 0.6 is 0 Å². The summed E-state index contributed by atoms with van der Waals surface area (Å²) in [5, 5.41) is 8.83. The van der Waals surface area contributed by atoms with E-state index in [1.54, 1.807) is 17.0 Å². The fourth-order valence-electron chi connectivity index (χ4n) is 3.01. The number of hydrogen-bond donors (Lipinski definition) is 1. The minimum atomic E-state index is -0.824. The van der Waals surface area contributed by atoms with E-state index in [9.17, 15) is 9.59 Å². The lowest BCUT2D eigenvalue weighted by Gasteiger charge is -2.23. The normalized spacial score (nSPS) is 10.4. The van der Waals surface area contributed by atoms with Gasteiger partial charge in [0.25, 0.3) is 5.91 Å². The van der Waals surface area contributed by atoms with E-state index in [0.29, 0.717) is 43.3 Å². The maximum absolute atomic E-state index is 13.1. The number of amides is 1. The molecule has 0 saturated carbocycles. The van der Waals surface area contributed by atoms with Crippen LogP contribution in [-0.4, -0.2) is 54.2 Å². The molecule has 1 N–H and O–H groups in total. The number of carbonyl (C=O) groups excluding carboxylic acids is 1. The van der Waals surface area contributed by atoms with E-state index < -0.39 is 5.97 Å². The quantitative estimate of drug-likeness (QED) is 0.549. The summed E-state index contributed by atoms with van der Waals surface area (Å²) in [4.78, 5) is 29.8. The average molecular weight is 400 g/mol. The lowest BCUT2D eigenvalue weighted by atomic mass is 10.1. The molecule has 2 aromatic rings. The van der Waals surface area contributed by atoms with Crippen LogP contribution in [0.1, 0.15) is 41.6 Å². The van der Waals surface area contributed by atoms with Crippen LogP contribution in [0.15, 0.2) is 42.5 Å². The number of hydrogen-bond acceptors (Lipinski definition) is 5. The molecule has 1 heterocycles. The van der Waals surface area contributed by atoms with Gasteiger partial charge in [-0.2, -0.15) is 4.98 Å². The van der Waals surface area contributed by atoms with E-state index in [-0.39, 0.29) is 12.3 Å². The van der Waals surface area contributed by atoms with Crippen LogP contribution in [0.3, 0.4) is 0 Å². The van der Waals surface area contributed by atoms with Crippen molar-refractivity contribution in [2.75, 3.05) is 27.3 Å². The number of pyridine rings is 1. The zero-order chi connectivity index (χ0) is 21.1. The molecular weight excluding hydrogens is 372 g/mol. The number of benzene rings is 1. The van der Waals surface area contributed by atoms with E-state index in [2.05, 4.69) is 17.1 Å². The molecule has 0 saturated heterocycles. The van der Waals surface area contributed by atoms with Crippen molar-refractivity contribution in [2.45, 2.75) is 32.1 Å². The number of nitrogens with zero attached hydrogens (tertiary/aromatic N) is 2. The molecule has 0 fully saturated rings. The smallest absolute Gasteiger partial charge is 0.303 e. The van der Waals surface area contributed by atoms with Crippen molar-refractivity contribution in [3.05, 3.63) is 53.6 Å². The number of carboxylic acid groups (broad SMARTS) is 1. The van der Waals surface area contributed by atoms with Crippen molar-refractivity contribution in [3.8, 4) is 11.8 Å². The van der Waals surface area contributed by atoms with Gasteiger partial charge in [-0.15, -0.1) is 0 Å². The maximum Gasteiger partial charge on any atom is 0.303 e. The van der Waals surface area contributed by atoms with Gasteiger partial charge in [-0.05, 0) is 31.2 Å². The molecular formula is C22H28N2O5. The standard InChI is InChI=1S/C22H28N2O5/c1-28-19-15-18(16-20(23-19)29-2)22(27)24(13-7-6-12-21(25)26)14-8-11-17-9-4-3-5-10-17/h3-5,9-10,15-16H,6-8,11-14H2,1-2H3,(H,25,26). The van der Waals surface area contributed by atoms with Crippen molar-refractivity contribution in [1.29, 1.82) is 0 Å². The number of aliphatic carboxylic acids is 1. The second kappa shape index (κ2) is 11.7. The van der Waals surface area contributed by atoms with Gasteiger partial charge < -0.3 is 19.5 Å².